The predicted octanol–water partition coefficient (Wildman–Crippen LogP) is 2.46. The van der Waals surface area contributed by atoms with E-state index >= 15 is 0 Å². The van der Waals surface area contributed by atoms with Crippen molar-refractivity contribution in [3.8, 4) is 0 Å². The minimum atomic E-state index is 0.0724. The van der Waals surface area contributed by atoms with Gasteiger partial charge in [-0.25, -0.2) is 0 Å². The summed E-state index contributed by atoms with van der Waals surface area (Å²) in [5.41, 5.74) is 0.0724. The van der Waals surface area contributed by atoms with E-state index in [1.165, 1.54) is 57.8 Å². The van der Waals surface area contributed by atoms with Crippen LogP contribution in [-0.4, -0.2) is 23.8 Å². The standard InChI is InChI=1S/C13H25NO/c15-11-13(14-10-12-6-7-12)8-4-2-1-3-5-9-13/h12,14-15H,1-11H2. The quantitative estimate of drug-likeness (QED) is 0.748. The highest BCUT2D eigenvalue weighted by atomic mass is 16.3. The van der Waals surface area contributed by atoms with Gasteiger partial charge in [-0.2, -0.15) is 0 Å². The molecule has 2 fully saturated rings. The van der Waals surface area contributed by atoms with E-state index in [1.807, 2.05) is 0 Å². The minimum absolute atomic E-state index is 0.0724. The number of hydrogen-bond donors (Lipinski definition) is 2. The molecule has 2 rings (SSSR count). The van der Waals surface area contributed by atoms with Gasteiger partial charge in [-0.05, 0) is 38.1 Å². The highest BCUT2D eigenvalue weighted by Gasteiger charge is 2.31. The van der Waals surface area contributed by atoms with Crippen LogP contribution in [0.5, 0.6) is 0 Å². The molecule has 0 aliphatic heterocycles. The smallest absolute Gasteiger partial charge is 0.0613 e. The van der Waals surface area contributed by atoms with Crippen LogP contribution in [-0.2, 0) is 0 Å². The first-order valence-electron chi connectivity index (χ1n) is 6.71. The van der Waals surface area contributed by atoms with Crippen molar-refractivity contribution in [1.29, 1.82) is 0 Å². The maximum absolute atomic E-state index is 9.63. The molecule has 15 heavy (non-hydrogen) atoms. The average molecular weight is 211 g/mol. The second-order valence-electron chi connectivity index (χ2n) is 5.53. The predicted molar refractivity (Wildman–Crippen MR) is 62.9 cm³/mol. The van der Waals surface area contributed by atoms with Crippen molar-refractivity contribution >= 4 is 0 Å². The molecule has 2 saturated carbocycles. The third-order valence-corrected chi connectivity index (χ3v) is 4.08. The van der Waals surface area contributed by atoms with Gasteiger partial charge in [-0.1, -0.05) is 32.1 Å². The van der Waals surface area contributed by atoms with Gasteiger partial charge in [-0.3, -0.25) is 0 Å². The van der Waals surface area contributed by atoms with Crippen molar-refractivity contribution in [2.45, 2.75) is 63.3 Å². The van der Waals surface area contributed by atoms with E-state index in [1.54, 1.807) is 0 Å². The van der Waals surface area contributed by atoms with Crippen LogP contribution in [0.2, 0.25) is 0 Å². The first kappa shape index (κ1) is 11.4. The summed E-state index contributed by atoms with van der Waals surface area (Å²) in [4.78, 5) is 0. The zero-order chi connectivity index (χ0) is 10.6. The molecule has 2 aliphatic carbocycles. The summed E-state index contributed by atoms with van der Waals surface area (Å²) in [6.45, 7) is 1.47. The number of nitrogens with one attached hydrogen (secondary N) is 1. The van der Waals surface area contributed by atoms with Crippen molar-refractivity contribution in [3.05, 3.63) is 0 Å². The van der Waals surface area contributed by atoms with Crippen LogP contribution < -0.4 is 5.32 Å². The normalized spacial score (nSPS) is 27.0. The van der Waals surface area contributed by atoms with E-state index < -0.39 is 0 Å². The Hall–Kier alpha value is -0.0800. The van der Waals surface area contributed by atoms with E-state index in [-0.39, 0.29) is 5.54 Å². The molecule has 0 unspecified atom stereocenters. The lowest BCUT2D eigenvalue weighted by Gasteiger charge is -2.35. The Balaban J connectivity index is 1.83. The van der Waals surface area contributed by atoms with Gasteiger partial charge >= 0.3 is 0 Å². The highest BCUT2D eigenvalue weighted by molar-refractivity contribution is 4.90. The Kier molecular flexibility index (Phi) is 4.04. The summed E-state index contributed by atoms with van der Waals surface area (Å²) < 4.78 is 0. The van der Waals surface area contributed by atoms with Gasteiger partial charge in [0, 0.05) is 5.54 Å². The lowest BCUT2D eigenvalue weighted by molar-refractivity contribution is 0.130. The summed E-state index contributed by atoms with van der Waals surface area (Å²) in [6, 6.07) is 0. The van der Waals surface area contributed by atoms with Gasteiger partial charge in [0.2, 0.25) is 0 Å². The Morgan fingerprint density at radius 1 is 1.00 bits per heavy atom. The first-order chi connectivity index (χ1) is 7.35. The molecule has 2 nitrogen and oxygen atoms in total. The summed E-state index contributed by atoms with van der Waals surface area (Å²) in [6.07, 6.45) is 11.8. The molecule has 0 aromatic carbocycles. The van der Waals surface area contributed by atoms with Crippen LogP contribution in [0, 0.1) is 5.92 Å². The fraction of sp³-hybridized carbons (Fsp3) is 1.00. The fourth-order valence-electron chi connectivity index (χ4n) is 2.66. The maximum Gasteiger partial charge on any atom is 0.0613 e. The molecule has 0 heterocycles. The van der Waals surface area contributed by atoms with Gasteiger partial charge in [0.1, 0.15) is 0 Å². The number of hydrogen-bond acceptors (Lipinski definition) is 2. The summed E-state index contributed by atoms with van der Waals surface area (Å²) in [5.74, 6) is 0.916. The minimum Gasteiger partial charge on any atom is -0.394 e. The topological polar surface area (TPSA) is 32.3 Å². The van der Waals surface area contributed by atoms with E-state index in [9.17, 15) is 5.11 Å². The average Bonchev–Trinajstić information content (AvgIpc) is 3.01. The van der Waals surface area contributed by atoms with E-state index in [0.29, 0.717) is 6.61 Å². The Morgan fingerprint density at radius 2 is 1.60 bits per heavy atom. The molecule has 0 radical (unpaired) electrons. The molecule has 0 amide bonds. The van der Waals surface area contributed by atoms with Gasteiger partial charge in [0.05, 0.1) is 6.61 Å². The maximum atomic E-state index is 9.63. The second-order valence-corrected chi connectivity index (χ2v) is 5.53. The Morgan fingerprint density at radius 3 is 2.13 bits per heavy atom. The summed E-state index contributed by atoms with van der Waals surface area (Å²) >= 11 is 0. The molecule has 88 valence electrons. The van der Waals surface area contributed by atoms with E-state index in [2.05, 4.69) is 5.32 Å². The molecule has 2 aliphatic rings. The van der Waals surface area contributed by atoms with Crippen molar-refractivity contribution in [2.24, 2.45) is 5.92 Å². The van der Waals surface area contributed by atoms with Gasteiger partial charge < -0.3 is 10.4 Å². The third kappa shape index (κ3) is 3.46. The zero-order valence-corrected chi connectivity index (χ0v) is 9.80. The number of rotatable bonds is 4. The zero-order valence-electron chi connectivity index (χ0n) is 9.80. The monoisotopic (exact) mass is 211 g/mol. The highest BCUT2D eigenvalue weighted by Crippen LogP contribution is 2.31. The van der Waals surface area contributed by atoms with E-state index in [4.69, 9.17) is 0 Å². The lowest BCUT2D eigenvalue weighted by Crippen LogP contribution is -2.49. The second kappa shape index (κ2) is 5.31. The summed E-state index contributed by atoms with van der Waals surface area (Å²) in [7, 11) is 0. The lowest BCUT2D eigenvalue weighted by atomic mass is 9.84. The molecule has 0 aromatic heterocycles. The SMILES string of the molecule is OCC1(NCC2CC2)CCCCCCC1. The summed E-state index contributed by atoms with van der Waals surface area (Å²) in [5, 5.41) is 13.3. The van der Waals surface area contributed by atoms with Crippen molar-refractivity contribution in [3.63, 3.8) is 0 Å². The van der Waals surface area contributed by atoms with Gasteiger partial charge in [-0.15, -0.1) is 0 Å². The molecule has 0 saturated heterocycles. The largest absolute Gasteiger partial charge is 0.394 e. The molecule has 0 spiro atoms. The van der Waals surface area contributed by atoms with Crippen LogP contribution >= 0.6 is 0 Å². The molecule has 2 N–H and O–H groups in total. The molecular formula is C13H25NO. The Labute approximate surface area is 93.5 Å². The van der Waals surface area contributed by atoms with Crippen LogP contribution in [0.3, 0.4) is 0 Å². The molecule has 2 heteroatoms. The van der Waals surface area contributed by atoms with Crippen molar-refractivity contribution < 1.29 is 5.11 Å². The molecular weight excluding hydrogens is 186 g/mol. The van der Waals surface area contributed by atoms with Crippen LogP contribution in [0.4, 0.5) is 0 Å². The van der Waals surface area contributed by atoms with E-state index in [0.717, 1.165) is 12.5 Å². The number of aliphatic hydroxyl groups excluding tert-OH is 1. The van der Waals surface area contributed by atoms with Crippen molar-refractivity contribution in [2.75, 3.05) is 13.2 Å². The van der Waals surface area contributed by atoms with Gasteiger partial charge in [0.25, 0.3) is 0 Å². The first-order valence-corrected chi connectivity index (χ1v) is 6.71. The van der Waals surface area contributed by atoms with Crippen LogP contribution in [0.15, 0.2) is 0 Å². The van der Waals surface area contributed by atoms with Gasteiger partial charge in [0.15, 0.2) is 0 Å². The molecule has 0 bridgehead atoms. The van der Waals surface area contributed by atoms with Crippen LogP contribution in [0.25, 0.3) is 0 Å². The molecule has 0 atom stereocenters. The molecule has 0 aromatic rings. The third-order valence-electron chi connectivity index (χ3n) is 4.08. The van der Waals surface area contributed by atoms with Crippen molar-refractivity contribution in [1.82, 2.24) is 5.32 Å². The van der Waals surface area contributed by atoms with Crippen LogP contribution in [0.1, 0.15) is 57.8 Å². The number of aliphatic hydroxyl groups is 1. The fourth-order valence-corrected chi connectivity index (χ4v) is 2.66. The Bertz CT molecular complexity index is 181.